The molecule has 1 fully saturated rings. The largest absolute Gasteiger partial charge is 0.497 e. The highest BCUT2D eigenvalue weighted by molar-refractivity contribution is 7.15. The molecular formula is C33H35N7O4S. The van der Waals surface area contributed by atoms with Crippen molar-refractivity contribution in [2.75, 3.05) is 19.0 Å². The third kappa shape index (κ3) is 7.02. The Morgan fingerprint density at radius 2 is 1.89 bits per heavy atom. The molecule has 1 aliphatic carbocycles. The van der Waals surface area contributed by atoms with Crippen LogP contribution in [0.1, 0.15) is 48.7 Å². The number of pyridine rings is 2. The second kappa shape index (κ2) is 13.1. The van der Waals surface area contributed by atoms with Gasteiger partial charge in [0, 0.05) is 18.0 Å². The van der Waals surface area contributed by atoms with E-state index in [-0.39, 0.29) is 11.9 Å². The van der Waals surface area contributed by atoms with Gasteiger partial charge < -0.3 is 19.9 Å². The number of methoxy groups -OCH3 is 1. The second-order valence-corrected chi connectivity index (χ2v) is 12.2. The van der Waals surface area contributed by atoms with E-state index < -0.39 is 5.60 Å². The van der Waals surface area contributed by atoms with Gasteiger partial charge in [0.15, 0.2) is 0 Å². The number of hydrogen-bond donors (Lipinski definition) is 2. The van der Waals surface area contributed by atoms with E-state index >= 15 is 0 Å². The Hall–Kier alpha value is -4.68. The number of anilines is 2. The summed E-state index contributed by atoms with van der Waals surface area (Å²) in [5.74, 6) is 1.72. The standard InChI is InChI=1S/C33H35N7O4S/c1-4-44-31(41)23-9-12-33(42,13-10-23)32-35-18-28(45-32)26-15-21(2)16-30(36-26)37-29-17-24(11-14-34-29)27-20-40(39-38-27)19-22-5-7-25(43-3)8-6-22/h5-8,11,14-18,20,23,42H,4,9-10,12-13,19H2,1-3H3,(H,34,36,37)/t23-,33-. The Morgan fingerprint density at radius 1 is 1.09 bits per heavy atom. The Kier molecular flexibility index (Phi) is 8.85. The summed E-state index contributed by atoms with van der Waals surface area (Å²) in [5, 5.41) is 24.0. The van der Waals surface area contributed by atoms with E-state index in [0.717, 1.165) is 38.7 Å². The zero-order valence-corrected chi connectivity index (χ0v) is 26.3. The van der Waals surface area contributed by atoms with Crippen molar-refractivity contribution >= 4 is 28.9 Å². The minimum absolute atomic E-state index is 0.171. The molecule has 0 spiro atoms. The van der Waals surface area contributed by atoms with Crippen molar-refractivity contribution in [3.05, 3.63) is 83.3 Å². The quantitative estimate of drug-likeness (QED) is 0.180. The number of carbonyl (C=O) groups is 1. The molecule has 0 aliphatic heterocycles. The molecule has 45 heavy (non-hydrogen) atoms. The third-order valence-electron chi connectivity index (χ3n) is 7.91. The Bertz CT molecular complexity index is 1780. The maximum Gasteiger partial charge on any atom is 0.308 e. The first kappa shape index (κ1) is 30.4. The summed E-state index contributed by atoms with van der Waals surface area (Å²) >= 11 is 1.43. The highest BCUT2D eigenvalue weighted by atomic mass is 32.1. The van der Waals surface area contributed by atoms with Crippen LogP contribution in [0.4, 0.5) is 11.6 Å². The van der Waals surface area contributed by atoms with Crippen LogP contribution in [0.3, 0.4) is 0 Å². The summed E-state index contributed by atoms with van der Waals surface area (Å²) in [7, 11) is 1.65. The van der Waals surface area contributed by atoms with Crippen LogP contribution in [0.15, 0.2) is 67.1 Å². The van der Waals surface area contributed by atoms with E-state index in [1.807, 2.05) is 68.6 Å². The summed E-state index contributed by atoms with van der Waals surface area (Å²) < 4.78 is 12.2. The fourth-order valence-electron chi connectivity index (χ4n) is 5.49. The SMILES string of the molecule is CCOC(=O)[C@H]1CC[C@@](O)(c2ncc(-c3cc(C)cc(Nc4cc(-c5cn(Cc6ccc(OC)cc6)nn5)ccn4)n3)s2)CC1. The number of nitrogens with one attached hydrogen (secondary N) is 1. The summed E-state index contributed by atoms with van der Waals surface area (Å²) in [4.78, 5) is 26.9. The third-order valence-corrected chi connectivity index (χ3v) is 9.13. The molecule has 6 rings (SSSR count). The average molecular weight is 626 g/mol. The van der Waals surface area contributed by atoms with Crippen molar-refractivity contribution in [3.63, 3.8) is 0 Å². The number of nitrogens with zero attached hydrogens (tertiary/aromatic N) is 6. The topological polar surface area (TPSA) is 137 Å². The number of esters is 1. The summed E-state index contributed by atoms with van der Waals surface area (Å²) in [5.41, 5.74) is 3.41. The molecule has 1 aliphatic rings. The minimum atomic E-state index is -1.06. The van der Waals surface area contributed by atoms with E-state index in [2.05, 4.69) is 25.6 Å². The van der Waals surface area contributed by atoms with Gasteiger partial charge in [0.25, 0.3) is 0 Å². The molecule has 0 radical (unpaired) electrons. The lowest BCUT2D eigenvalue weighted by Gasteiger charge is -2.33. The molecule has 5 aromatic rings. The smallest absolute Gasteiger partial charge is 0.308 e. The van der Waals surface area contributed by atoms with Crippen LogP contribution in [0.5, 0.6) is 5.75 Å². The highest BCUT2D eigenvalue weighted by Crippen LogP contribution is 2.43. The van der Waals surface area contributed by atoms with E-state index in [9.17, 15) is 9.90 Å². The molecule has 0 unspecified atom stereocenters. The fourth-order valence-corrected chi connectivity index (χ4v) is 6.51. The molecule has 4 aromatic heterocycles. The van der Waals surface area contributed by atoms with Gasteiger partial charge in [0.2, 0.25) is 0 Å². The summed E-state index contributed by atoms with van der Waals surface area (Å²) in [6.07, 6.45) is 7.48. The highest BCUT2D eigenvalue weighted by Gasteiger charge is 2.39. The lowest BCUT2D eigenvalue weighted by Crippen LogP contribution is -2.34. The van der Waals surface area contributed by atoms with Crippen LogP contribution < -0.4 is 10.1 Å². The first-order valence-electron chi connectivity index (χ1n) is 14.9. The van der Waals surface area contributed by atoms with Crippen LogP contribution >= 0.6 is 11.3 Å². The van der Waals surface area contributed by atoms with E-state index in [1.54, 1.807) is 24.2 Å². The summed E-state index contributed by atoms with van der Waals surface area (Å²) in [6, 6.07) is 15.6. The molecule has 1 saturated carbocycles. The van der Waals surface area contributed by atoms with Crippen molar-refractivity contribution in [1.82, 2.24) is 29.9 Å². The van der Waals surface area contributed by atoms with Crippen LogP contribution in [-0.4, -0.2) is 54.7 Å². The van der Waals surface area contributed by atoms with Gasteiger partial charge in [-0.15, -0.1) is 16.4 Å². The van der Waals surface area contributed by atoms with Crippen molar-refractivity contribution in [3.8, 4) is 27.6 Å². The Balaban J connectivity index is 1.14. The van der Waals surface area contributed by atoms with Gasteiger partial charge in [0.1, 0.15) is 33.7 Å². The fraction of sp³-hybridized carbons (Fsp3) is 0.333. The Morgan fingerprint density at radius 3 is 2.64 bits per heavy atom. The molecule has 2 N–H and O–H groups in total. The molecule has 1 aromatic carbocycles. The van der Waals surface area contributed by atoms with Gasteiger partial charge in [-0.25, -0.2) is 19.6 Å². The molecule has 12 heteroatoms. The van der Waals surface area contributed by atoms with E-state index in [0.29, 0.717) is 55.5 Å². The van der Waals surface area contributed by atoms with Crippen molar-refractivity contribution < 1.29 is 19.4 Å². The number of rotatable bonds is 10. The molecule has 4 heterocycles. The summed E-state index contributed by atoms with van der Waals surface area (Å²) in [6.45, 7) is 4.77. The van der Waals surface area contributed by atoms with Gasteiger partial charge in [0.05, 0.1) is 42.9 Å². The molecule has 0 atom stereocenters. The van der Waals surface area contributed by atoms with Crippen molar-refractivity contribution in [1.29, 1.82) is 0 Å². The van der Waals surface area contributed by atoms with Gasteiger partial charge in [-0.3, -0.25) is 4.79 Å². The zero-order valence-electron chi connectivity index (χ0n) is 25.4. The second-order valence-electron chi connectivity index (χ2n) is 11.2. The lowest BCUT2D eigenvalue weighted by molar-refractivity contribution is -0.151. The van der Waals surface area contributed by atoms with Crippen molar-refractivity contribution in [2.24, 2.45) is 5.92 Å². The Labute approximate surface area is 265 Å². The predicted molar refractivity (Wildman–Crippen MR) is 171 cm³/mol. The monoisotopic (exact) mass is 625 g/mol. The first-order chi connectivity index (χ1) is 21.8. The number of benzene rings is 1. The van der Waals surface area contributed by atoms with Crippen LogP contribution in [0, 0.1) is 12.8 Å². The van der Waals surface area contributed by atoms with Crippen molar-refractivity contribution in [2.45, 2.75) is 51.7 Å². The number of thiazole rings is 1. The number of hydrogen-bond acceptors (Lipinski definition) is 11. The van der Waals surface area contributed by atoms with Crippen LogP contribution in [0.25, 0.3) is 21.8 Å². The maximum absolute atomic E-state index is 12.2. The van der Waals surface area contributed by atoms with Crippen LogP contribution in [0.2, 0.25) is 0 Å². The normalized spacial score (nSPS) is 18.0. The van der Waals surface area contributed by atoms with E-state index in [4.69, 9.17) is 14.5 Å². The molecule has 232 valence electrons. The molecular weight excluding hydrogens is 590 g/mol. The van der Waals surface area contributed by atoms with Gasteiger partial charge >= 0.3 is 5.97 Å². The number of ether oxygens (including phenoxy) is 2. The van der Waals surface area contributed by atoms with E-state index in [1.165, 1.54) is 11.3 Å². The number of aromatic nitrogens is 6. The zero-order chi connectivity index (χ0) is 31.4. The molecule has 0 bridgehead atoms. The average Bonchev–Trinajstić information content (AvgIpc) is 3.73. The molecule has 11 nitrogen and oxygen atoms in total. The minimum Gasteiger partial charge on any atom is -0.497 e. The lowest BCUT2D eigenvalue weighted by atomic mass is 9.79. The van der Waals surface area contributed by atoms with Crippen LogP contribution in [-0.2, 0) is 21.7 Å². The number of aliphatic hydroxyl groups is 1. The number of carbonyl (C=O) groups excluding carboxylic acids is 1. The van der Waals surface area contributed by atoms with Gasteiger partial charge in [-0.1, -0.05) is 17.3 Å². The first-order valence-corrected chi connectivity index (χ1v) is 15.7. The molecule has 0 amide bonds. The van der Waals surface area contributed by atoms with Gasteiger partial charge in [-0.2, -0.15) is 0 Å². The molecule has 0 saturated heterocycles. The number of aryl methyl sites for hydroxylation is 1. The maximum atomic E-state index is 12.2. The van der Waals surface area contributed by atoms with Gasteiger partial charge in [-0.05, 0) is 87.1 Å². The predicted octanol–water partition coefficient (Wildman–Crippen LogP) is 5.91.